The Morgan fingerprint density at radius 1 is 1.06 bits per heavy atom. The van der Waals surface area contributed by atoms with Gasteiger partial charge in [-0.05, 0) is 60.6 Å². The number of anilines is 1. The number of aromatic nitrogens is 2. The predicted molar refractivity (Wildman–Crippen MR) is 132 cm³/mol. The molecule has 0 aliphatic heterocycles. The van der Waals surface area contributed by atoms with Gasteiger partial charge in [-0.2, -0.15) is 0 Å². The summed E-state index contributed by atoms with van der Waals surface area (Å²) in [5.74, 6) is 1.53. The summed E-state index contributed by atoms with van der Waals surface area (Å²) >= 11 is 5.35. The molecular formula is C25H24N4O2S. The molecule has 0 unspecified atom stereocenters. The third-order valence-corrected chi connectivity index (χ3v) is 4.89. The summed E-state index contributed by atoms with van der Waals surface area (Å²) in [4.78, 5) is 20.6. The smallest absolute Gasteiger partial charge is 0.257 e. The van der Waals surface area contributed by atoms with Gasteiger partial charge >= 0.3 is 0 Å². The van der Waals surface area contributed by atoms with Crippen molar-refractivity contribution in [3.63, 3.8) is 0 Å². The number of amides is 1. The van der Waals surface area contributed by atoms with Crippen LogP contribution in [0.4, 0.5) is 5.69 Å². The molecule has 1 amide bonds. The maximum Gasteiger partial charge on any atom is 0.257 e. The summed E-state index contributed by atoms with van der Waals surface area (Å²) in [6.07, 6.45) is 0. The molecule has 1 heterocycles. The van der Waals surface area contributed by atoms with E-state index < -0.39 is 0 Å². The van der Waals surface area contributed by atoms with Gasteiger partial charge in [0.15, 0.2) is 5.11 Å². The van der Waals surface area contributed by atoms with Gasteiger partial charge in [-0.3, -0.25) is 10.1 Å². The van der Waals surface area contributed by atoms with Crippen LogP contribution in [-0.2, 0) is 0 Å². The van der Waals surface area contributed by atoms with Crippen LogP contribution in [0.5, 0.6) is 5.75 Å². The van der Waals surface area contributed by atoms with Crippen molar-refractivity contribution in [3.8, 4) is 17.1 Å². The number of ether oxygens (including phenoxy) is 1. The number of nitrogens with zero attached hydrogens (tertiary/aromatic N) is 1. The Morgan fingerprint density at radius 2 is 1.88 bits per heavy atom. The average molecular weight is 445 g/mol. The highest BCUT2D eigenvalue weighted by Gasteiger charge is 2.11. The number of fused-ring (bicyclic) bond motifs is 1. The largest absolute Gasteiger partial charge is 0.493 e. The van der Waals surface area contributed by atoms with Crippen LogP contribution in [0.15, 0.2) is 72.8 Å². The zero-order chi connectivity index (χ0) is 22.5. The summed E-state index contributed by atoms with van der Waals surface area (Å²) in [7, 11) is 0. The Hall–Kier alpha value is -3.71. The first-order valence-corrected chi connectivity index (χ1v) is 10.8. The zero-order valence-corrected chi connectivity index (χ0v) is 18.7. The molecule has 0 atom stereocenters. The quantitative estimate of drug-likeness (QED) is 0.348. The lowest BCUT2D eigenvalue weighted by Gasteiger charge is -2.12. The molecule has 0 saturated carbocycles. The number of aromatic amines is 1. The molecule has 0 aliphatic rings. The second-order valence-electron chi connectivity index (χ2n) is 7.82. The molecule has 162 valence electrons. The minimum absolute atomic E-state index is 0.213. The lowest BCUT2D eigenvalue weighted by atomic mass is 10.2. The van der Waals surface area contributed by atoms with Crippen molar-refractivity contribution in [2.45, 2.75) is 13.8 Å². The molecule has 0 fully saturated rings. The SMILES string of the molecule is CC(C)COc1cccc(C(=O)NC(=S)Nc2cccc(-c3nc4ccccc4[nH]3)c2)c1. The van der Waals surface area contributed by atoms with Gasteiger partial charge in [0.05, 0.1) is 17.6 Å². The number of carbonyl (C=O) groups excluding carboxylic acids is 1. The number of H-pyrrole nitrogens is 1. The molecule has 0 spiro atoms. The molecule has 0 aliphatic carbocycles. The monoisotopic (exact) mass is 444 g/mol. The highest BCUT2D eigenvalue weighted by atomic mass is 32.1. The zero-order valence-electron chi connectivity index (χ0n) is 17.9. The van der Waals surface area contributed by atoms with Crippen LogP contribution in [0.2, 0.25) is 0 Å². The molecule has 7 heteroatoms. The average Bonchev–Trinajstić information content (AvgIpc) is 3.22. The fourth-order valence-electron chi connectivity index (χ4n) is 3.16. The van der Waals surface area contributed by atoms with Crippen molar-refractivity contribution in [2.75, 3.05) is 11.9 Å². The molecule has 3 N–H and O–H groups in total. The third-order valence-electron chi connectivity index (χ3n) is 4.69. The second-order valence-corrected chi connectivity index (χ2v) is 8.23. The van der Waals surface area contributed by atoms with Crippen LogP contribution < -0.4 is 15.4 Å². The van der Waals surface area contributed by atoms with E-state index in [1.165, 1.54) is 0 Å². The van der Waals surface area contributed by atoms with Crippen molar-refractivity contribution in [1.82, 2.24) is 15.3 Å². The molecule has 1 aromatic heterocycles. The van der Waals surface area contributed by atoms with Crippen molar-refractivity contribution >= 4 is 40.0 Å². The highest BCUT2D eigenvalue weighted by Crippen LogP contribution is 2.23. The minimum Gasteiger partial charge on any atom is -0.493 e. The van der Waals surface area contributed by atoms with Crippen LogP contribution in [0.1, 0.15) is 24.2 Å². The summed E-state index contributed by atoms with van der Waals surface area (Å²) in [6.45, 7) is 4.74. The summed E-state index contributed by atoms with van der Waals surface area (Å²) < 4.78 is 5.70. The lowest BCUT2D eigenvalue weighted by molar-refractivity contribution is 0.0977. The summed E-state index contributed by atoms with van der Waals surface area (Å²) in [5.41, 5.74) is 4.02. The molecule has 6 nitrogen and oxygen atoms in total. The van der Waals surface area contributed by atoms with E-state index in [0.29, 0.717) is 23.8 Å². The fourth-order valence-corrected chi connectivity index (χ4v) is 3.37. The van der Waals surface area contributed by atoms with E-state index >= 15 is 0 Å². The summed E-state index contributed by atoms with van der Waals surface area (Å²) in [6, 6.07) is 22.6. The van der Waals surface area contributed by atoms with E-state index in [4.69, 9.17) is 17.0 Å². The number of benzene rings is 3. The first kappa shape index (κ1) is 21.5. The van der Waals surface area contributed by atoms with E-state index in [-0.39, 0.29) is 11.0 Å². The predicted octanol–water partition coefficient (Wildman–Crippen LogP) is 5.39. The molecule has 0 bridgehead atoms. The van der Waals surface area contributed by atoms with Crippen molar-refractivity contribution in [1.29, 1.82) is 0 Å². The second kappa shape index (κ2) is 9.62. The minimum atomic E-state index is -0.300. The number of para-hydroxylation sites is 2. The van der Waals surface area contributed by atoms with E-state index in [9.17, 15) is 4.79 Å². The number of hydrogen-bond acceptors (Lipinski definition) is 4. The molecule has 0 radical (unpaired) electrons. The van der Waals surface area contributed by atoms with Gasteiger partial charge < -0.3 is 15.0 Å². The van der Waals surface area contributed by atoms with Crippen LogP contribution in [-0.4, -0.2) is 27.6 Å². The van der Waals surface area contributed by atoms with Crippen LogP contribution in [0.3, 0.4) is 0 Å². The molecular weight excluding hydrogens is 420 g/mol. The molecule has 4 rings (SSSR count). The first-order chi connectivity index (χ1) is 15.5. The first-order valence-electron chi connectivity index (χ1n) is 10.4. The Morgan fingerprint density at radius 3 is 2.69 bits per heavy atom. The number of imidazole rings is 1. The topological polar surface area (TPSA) is 79.0 Å². The van der Waals surface area contributed by atoms with E-state index in [2.05, 4.69) is 34.4 Å². The van der Waals surface area contributed by atoms with Crippen LogP contribution in [0.25, 0.3) is 22.4 Å². The van der Waals surface area contributed by atoms with Gasteiger partial charge in [-0.25, -0.2) is 4.98 Å². The summed E-state index contributed by atoms with van der Waals surface area (Å²) in [5, 5.41) is 6.00. The van der Waals surface area contributed by atoms with Crippen LogP contribution in [0, 0.1) is 5.92 Å². The van der Waals surface area contributed by atoms with Crippen molar-refractivity contribution < 1.29 is 9.53 Å². The molecule has 3 aromatic carbocycles. The number of thiocarbonyl (C=S) groups is 1. The van der Waals surface area contributed by atoms with E-state index in [0.717, 1.165) is 28.1 Å². The van der Waals surface area contributed by atoms with Gasteiger partial charge in [0.2, 0.25) is 0 Å². The van der Waals surface area contributed by atoms with E-state index in [1.54, 1.807) is 18.2 Å². The van der Waals surface area contributed by atoms with Crippen molar-refractivity contribution in [3.05, 3.63) is 78.4 Å². The van der Waals surface area contributed by atoms with Gasteiger partial charge in [0, 0.05) is 16.8 Å². The van der Waals surface area contributed by atoms with E-state index in [1.807, 2.05) is 54.6 Å². The fraction of sp³-hybridized carbons (Fsp3) is 0.160. The normalized spacial score (nSPS) is 10.8. The maximum atomic E-state index is 12.6. The van der Waals surface area contributed by atoms with Crippen LogP contribution >= 0.6 is 12.2 Å². The number of rotatable bonds is 6. The standard InChI is InChI=1S/C25H24N4O2S/c1-16(2)15-31-20-10-6-8-18(14-20)24(30)29-25(32)26-19-9-5-7-17(13-19)23-27-21-11-3-4-12-22(21)28-23/h3-14,16H,15H2,1-2H3,(H,27,28)(H2,26,29,30,32). The molecule has 32 heavy (non-hydrogen) atoms. The Balaban J connectivity index is 1.41. The Bertz CT molecular complexity index is 1230. The third kappa shape index (κ3) is 5.31. The number of hydrogen-bond donors (Lipinski definition) is 3. The van der Waals surface area contributed by atoms with Gasteiger partial charge in [-0.1, -0.05) is 44.2 Å². The van der Waals surface area contributed by atoms with Gasteiger partial charge in [0.1, 0.15) is 11.6 Å². The molecule has 4 aromatic rings. The van der Waals surface area contributed by atoms with Gasteiger partial charge in [0.25, 0.3) is 5.91 Å². The Labute approximate surface area is 192 Å². The molecule has 0 saturated heterocycles. The highest BCUT2D eigenvalue weighted by molar-refractivity contribution is 7.80. The Kier molecular flexibility index (Phi) is 6.47. The van der Waals surface area contributed by atoms with Crippen molar-refractivity contribution in [2.24, 2.45) is 5.92 Å². The van der Waals surface area contributed by atoms with Gasteiger partial charge in [-0.15, -0.1) is 0 Å². The lowest BCUT2D eigenvalue weighted by Crippen LogP contribution is -2.34. The number of nitrogens with one attached hydrogen (secondary N) is 3. The maximum absolute atomic E-state index is 12.6. The number of carbonyl (C=O) groups is 1.